The summed E-state index contributed by atoms with van der Waals surface area (Å²) in [4.78, 5) is 13.2. The predicted octanol–water partition coefficient (Wildman–Crippen LogP) is 3.23. The molecule has 116 valence electrons. The summed E-state index contributed by atoms with van der Waals surface area (Å²) < 4.78 is 0. The molecule has 0 aliphatic heterocycles. The number of carbonyl (C=O) groups is 1. The van der Waals surface area contributed by atoms with Gasteiger partial charge in [0.15, 0.2) is 0 Å². The standard InChI is InChI=1S/C17H25NO2S/c19-13-14-7-4-5-10-16(14)18-17(20)11-6-12-21-15-8-2-1-3-9-15/h1-3,8-9,14,16,19H,4-7,10-13H2,(H,18,20). The number of amides is 1. The molecule has 2 rings (SSSR count). The fourth-order valence-corrected chi connectivity index (χ4v) is 3.71. The van der Waals surface area contributed by atoms with Gasteiger partial charge in [0, 0.05) is 29.9 Å². The maximum Gasteiger partial charge on any atom is 0.220 e. The van der Waals surface area contributed by atoms with Crippen LogP contribution in [-0.2, 0) is 4.79 Å². The number of aliphatic hydroxyl groups is 1. The van der Waals surface area contributed by atoms with Crippen LogP contribution in [0, 0.1) is 5.92 Å². The summed E-state index contributed by atoms with van der Waals surface area (Å²) in [5.41, 5.74) is 0. The molecule has 1 amide bonds. The van der Waals surface area contributed by atoms with Crippen LogP contribution in [0.4, 0.5) is 0 Å². The smallest absolute Gasteiger partial charge is 0.220 e. The molecule has 0 saturated heterocycles. The molecule has 0 heterocycles. The minimum Gasteiger partial charge on any atom is -0.396 e. The van der Waals surface area contributed by atoms with Gasteiger partial charge in [-0.1, -0.05) is 31.0 Å². The SMILES string of the molecule is O=C(CCCSc1ccccc1)NC1CCCCC1CO. The Labute approximate surface area is 131 Å². The van der Waals surface area contributed by atoms with Crippen molar-refractivity contribution >= 4 is 17.7 Å². The summed E-state index contributed by atoms with van der Waals surface area (Å²) >= 11 is 1.79. The summed E-state index contributed by atoms with van der Waals surface area (Å²) in [6.45, 7) is 0.189. The Balaban J connectivity index is 1.63. The quantitative estimate of drug-likeness (QED) is 0.600. The first kappa shape index (κ1) is 16.4. The van der Waals surface area contributed by atoms with Crippen molar-refractivity contribution in [3.63, 3.8) is 0 Å². The van der Waals surface area contributed by atoms with Gasteiger partial charge in [-0.2, -0.15) is 0 Å². The molecule has 0 spiro atoms. The van der Waals surface area contributed by atoms with Crippen LogP contribution in [0.1, 0.15) is 38.5 Å². The van der Waals surface area contributed by atoms with Crippen LogP contribution in [0.5, 0.6) is 0 Å². The van der Waals surface area contributed by atoms with Crippen molar-refractivity contribution in [2.24, 2.45) is 5.92 Å². The van der Waals surface area contributed by atoms with Crippen LogP contribution >= 0.6 is 11.8 Å². The molecule has 1 aromatic rings. The molecule has 4 heteroatoms. The second-order valence-electron chi connectivity index (χ2n) is 5.67. The van der Waals surface area contributed by atoms with E-state index in [0.29, 0.717) is 6.42 Å². The van der Waals surface area contributed by atoms with E-state index in [1.165, 1.54) is 11.3 Å². The van der Waals surface area contributed by atoms with Gasteiger partial charge in [-0.05, 0) is 37.1 Å². The lowest BCUT2D eigenvalue weighted by Crippen LogP contribution is -2.43. The first-order valence-corrected chi connectivity index (χ1v) is 8.86. The molecule has 0 radical (unpaired) electrons. The summed E-state index contributed by atoms with van der Waals surface area (Å²) in [6.07, 6.45) is 5.84. The zero-order valence-corrected chi connectivity index (χ0v) is 13.3. The Morgan fingerprint density at radius 1 is 1.24 bits per heavy atom. The van der Waals surface area contributed by atoms with Gasteiger partial charge in [0.05, 0.1) is 0 Å². The van der Waals surface area contributed by atoms with E-state index in [-0.39, 0.29) is 24.5 Å². The van der Waals surface area contributed by atoms with Gasteiger partial charge in [0.1, 0.15) is 0 Å². The Morgan fingerprint density at radius 2 is 2.00 bits per heavy atom. The van der Waals surface area contributed by atoms with Gasteiger partial charge in [-0.3, -0.25) is 4.79 Å². The zero-order chi connectivity index (χ0) is 14.9. The Kier molecular flexibility index (Phi) is 7.10. The summed E-state index contributed by atoms with van der Waals surface area (Å²) in [5.74, 6) is 1.35. The van der Waals surface area contributed by atoms with Crippen LogP contribution in [0.2, 0.25) is 0 Å². The normalized spacial score (nSPS) is 22.0. The second kappa shape index (κ2) is 9.11. The zero-order valence-electron chi connectivity index (χ0n) is 12.5. The third-order valence-electron chi connectivity index (χ3n) is 4.05. The molecule has 21 heavy (non-hydrogen) atoms. The van der Waals surface area contributed by atoms with Gasteiger partial charge in [0.25, 0.3) is 0 Å². The number of hydrogen-bond acceptors (Lipinski definition) is 3. The number of nitrogens with one attached hydrogen (secondary N) is 1. The maximum absolute atomic E-state index is 12.0. The Bertz CT molecular complexity index is 424. The minimum atomic E-state index is 0.133. The maximum atomic E-state index is 12.0. The van der Waals surface area contributed by atoms with E-state index in [2.05, 4.69) is 17.4 Å². The predicted molar refractivity (Wildman–Crippen MR) is 87.4 cm³/mol. The first-order chi connectivity index (χ1) is 10.3. The Morgan fingerprint density at radius 3 is 2.76 bits per heavy atom. The molecule has 2 atom stereocenters. The minimum absolute atomic E-state index is 0.133. The topological polar surface area (TPSA) is 49.3 Å². The molecular weight excluding hydrogens is 282 g/mol. The van der Waals surface area contributed by atoms with Crippen LogP contribution in [0.3, 0.4) is 0 Å². The van der Waals surface area contributed by atoms with E-state index in [1.54, 1.807) is 11.8 Å². The second-order valence-corrected chi connectivity index (χ2v) is 6.83. The first-order valence-electron chi connectivity index (χ1n) is 7.87. The molecule has 0 aromatic heterocycles. The molecule has 2 unspecified atom stereocenters. The number of thioether (sulfide) groups is 1. The number of aliphatic hydroxyl groups excluding tert-OH is 1. The molecule has 1 aromatic carbocycles. The fourth-order valence-electron chi connectivity index (χ4n) is 2.83. The van der Waals surface area contributed by atoms with E-state index in [1.807, 2.05) is 18.2 Å². The van der Waals surface area contributed by atoms with Crippen molar-refractivity contribution in [1.82, 2.24) is 5.32 Å². The number of carbonyl (C=O) groups excluding carboxylic acids is 1. The third-order valence-corrected chi connectivity index (χ3v) is 5.15. The van der Waals surface area contributed by atoms with E-state index < -0.39 is 0 Å². The average Bonchev–Trinajstić information content (AvgIpc) is 2.53. The lowest BCUT2D eigenvalue weighted by atomic mass is 9.85. The van der Waals surface area contributed by atoms with E-state index in [4.69, 9.17) is 0 Å². The van der Waals surface area contributed by atoms with Crippen molar-refractivity contribution in [3.05, 3.63) is 30.3 Å². The molecule has 1 aliphatic carbocycles. The number of rotatable bonds is 7. The van der Waals surface area contributed by atoms with Crippen molar-refractivity contribution in [2.75, 3.05) is 12.4 Å². The molecule has 0 bridgehead atoms. The number of benzene rings is 1. The van der Waals surface area contributed by atoms with Crippen molar-refractivity contribution in [1.29, 1.82) is 0 Å². The van der Waals surface area contributed by atoms with Gasteiger partial charge in [-0.25, -0.2) is 0 Å². The Hall–Kier alpha value is -1.00. The van der Waals surface area contributed by atoms with Gasteiger partial charge < -0.3 is 10.4 Å². The van der Waals surface area contributed by atoms with Gasteiger partial charge >= 0.3 is 0 Å². The highest BCUT2D eigenvalue weighted by molar-refractivity contribution is 7.99. The van der Waals surface area contributed by atoms with E-state index in [0.717, 1.165) is 31.4 Å². The van der Waals surface area contributed by atoms with Crippen LogP contribution in [-0.4, -0.2) is 29.4 Å². The number of hydrogen-bond donors (Lipinski definition) is 2. The molecular formula is C17H25NO2S. The van der Waals surface area contributed by atoms with Crippen molar-refractivity contribution < 1.29 is 9.90 Å². The van der Waals surface area contributed by atoms with Crippen LogP contribution < -0.4 is 5.32 Å². The molecule has 3 nitrogen and oxygen atoms in total. The van der Waals surface area contributed by atoms with Crippen molar-refractivity contribution in [3.8, 4) is 0 Å². The monoisotopic (exact) mass is 307 g/mol. The lowest BCUT2D eigenvalue weighted by Gasteiger charge is -2.30. The molecule has 2 N–H and O–H groups in total. The molecule has 1 aliphatic rings. The van der Waals surface area contributed by atoms with E-state index >= 15 is 0 Å². The van der Waals surface area contributed by atoms with Gasteiger partial charge in [0.2, 0.25) is 5.91 Å². The molecule has 1 saturated carbocycles. The lowest BCUT2D eigenvalue weighted by molar-refractivity contribution is -0.122. The van der Waals surface area contributed by atoms with Crippen molar-refractivity contribution in [2.45, 2.75) is 49.5 Å². The summed E-state index contributed by atoms with van der Waals surface area (Å²) in [5, 5.41) is 12.5. The summed E-state index contributed by atoms with van der Waals surface area (Å²) in [7, 11) is 0. The van der Waals surface area contributed by atoms with Crippen LogP contribution in [0.25, 0.3) is 0 Å². The largest absolute Gasteiger partial charge is 0.396 e. The van der Waals surface area contributed by atoms with Gasteiger partial charge in [-0.15, -0.1) is 11.8 Å². The fraction of sp³-hybridized carbons (Fsp3) is 0.588. The molecule has 1 fully saturated rings. The highest BCUT2D eigenvalue weighted by Gasteiger charge is 2.25. The highest BCUT2D eigenvalue weighted by atomic mass is 32.2. The highest BCUT2D eigenvalue weighted by Crippen LogP contribution is 2.24. The van der Waals surface area contributed by atoms with E-state index in [9.17, 15) is 9.90 Å². The third kappa shape index (κ3) is 5.71. The summed E-state index contributed by atoms with van der Waals surface area (Å²) in [6, 6.07) is 10.5. The van der Waals surface area contributed by atoms with Crippen LogP contribution in [0.15, 0.2) is 35.2 Å². The average molecular weight is 307 g/mol.